The van der Waals surface area contributed by atoms with Gasteiger partial charge in [0, 0.05) is 11.0 Å². The molecule has 142 valence electrons. The van der Waals surface area contributed by atoms with Gasteiger partial charge in [-0.1, -0.05) is 15.9 Å². The number of aryl methyl sites for hydroxylation is 1. The zero-order chi connectivity index (χ0) is 17.6. The highest BCUT2D eigenvalue weighted by Crippen LogP contribution is 2.26. The van der Waals surface area contributed by atoms with Gasteiger partial charge in [-0.2, -0.15) is 0 Å². The Labute approximate surface area is 168 Å². The molecule has 5 nitrogen and oxygen atoms in total. The van der Waals surface area contributed by atoms with Gasteiger partial charge in [-0.15, -0.1) is 12.4 Å². The van der Waals surface area contributed by atoms with Crippen LogP contribution in [-0.4, -0.2) is 37.0 Å². The van der Waals surface area contributed by atoms with Crippen LogP contribution in [0.3, 0.4) is 0 Å². The van der Waals surface area contributed by atoms with Crippen molar-refractivity contribution in [2.45, 2.75) is 25.8 Å². The van der Waals surface area contributed by atoms with Gasteiger partial charge < -0.3 is 14.5 Å². The van der Waals surface area contributed by atoms with E-state index in [-0.39, 0.29) is 31.0 Å². The van der Waals surface area contributed by atoms with Crippen LogP contribution < -0.4 is 10.1 Å². The van der Waals surface area contributed by atoms with E-state index in [2.05, 4.69) is 26.1 Å². The number of nitrogens with one attached hydrogen (secondary N) is 1. The molecule has 0 saturated carbocycles. The van der Waals surface area contributed by atoms with Gasteiger partial charge in [0.1, 0.15) is 17.3 Å². The van der Waals surface area contributed by atoms with Gasteiger partial charge in [0.25, 0.3) is 5.91 Å². The number of amides is 1. The van der Waals surface area contributed by atoms with Crippen molar-refractivity contribution in [2.24, 2.45) is 0 Å². The zero-order valence-corrected chi connectivity index (χ0v) is 17.1. The summed E-state index contributed by atoms with van der Waals surface area (Å²) < 4.78 is 12.3. The lowest BCUT2D eigenvalue weighted by Gasteiger charge is -2.26. The molecule has 1 atom stereocenters. The quantitative estimate of drug-likeness (QED) is 0.700. The van der Waals surface area contributed by atoms with Crippen molar-refractivity contribution in [1.29, 1.82) is 0 Å². The maximum absolute atomic E-state index is 12.1. The Kier molecular flexibility index (Phi) is 8.00. The minimum atomic E-state index is -0.129. The van der Waals surface area contributed by atoms with Crippen LogP contribution in [0.4, 0.5) is 0 Å². The zero-order valence-electron chi connectivity index (χ0n) is 14.7. The van der Waals surface area contributed by atoms with Crippen molar-refractivity contribution in [3.05, 3.63) is 52.4 Å². The first-order valence-corrected chi connectivity index (χ1v) is 9.36. The molecule has 1 saturated heterocycles. The standard InChI is InChI=1S/C19H23BrN2O3.ClH/c1-14-4-9-18(25-14)17(22-10-2-3-11-22)12-21-19(23)13-24-16-7-5-15(20)6-8-16;/h4-9,17H,2-3,10-13H2,1H3,(H,21,23);1H. The van der Waals surface area contributed by atoms with E-state index < -0.39 is 0 Å². The van der Waals surface area contributed by atoms with Crippen LogP contribution in [0, 0.1) is 6.92 Å². The van der Waals surface area contributed by atoms with E-state index in [0.717, 1.165) is 29.1 Å². The molecule has 7 heteroatoms. The number of rotatable bonds is 7. The molecule has 1 aromatic heterocycles. The Morgan fingerprint density at radius 1 is 1.23 bits per heavy atom. The third kappa shape index (κ3) is 5.76. The van der Waals surface area contributed by atoms with E-state index >= 15 is 0 Å². The number of benzene rings is 1. The first-order valence-electron chi connectivity index (χ1n) is 8.57. The first kappa shape index (κ1) is 20.8. The fourth-order valence-electron chi connectivity index (χ4n) is 3.04. The topological polar surface area (TPSA) is 54.7 Å². The highest BCUT2D eigenvalue weighted by molar-refractivity contribution is 9.10. The van der Waals surface area contributed by atoms with Gasteiger partial charge in [0.15, 0.2) is 6.61 Å². The second-order valence-corrected chi connectivity index (χ2v) is 7.17. The monoisotopic (exact) mass is 442 g/mol. The molecule has 26 heavy (non-hydrogen) atoms. The maximum Gasteiger partial charge on any atom is 0.258 e. The van der Waals surface area contributed by atoms with Gasteiger partial charge in [0.2, 0.25) is 0 Å². The van der Waals surface area contributed by atoms with Gasteiger partial charge in [-0.25, -0.2) is 0 Å². The van der Waals surface area contributed by atoms with Crippen LogP contribution in [0.5, 0.6) is 5.75 Å². The third-order valence-electron chi connectivity index (χ3n) is 4.35. The van der Waals surface area contributed by atoms with E-state index in [1.54, 1.807) is 0 Å². The Balaban J connectivity index is 0.00000243. The van der Waals surface area contributed by atoms with E-state index in [1.165, 1.54) is 12.8 Å². The number of furan rings is 1. The minimum Gasteiger partial charge on any atom is -0.484 e. The predicted molar refractivity (Wildman–Crippen MR) is 107 cm³/mol. The normalized spacial score (nSPS) is 15.3. The summed E-state index contributed by atoms with van der Waals surface area (Å²) in [6.45, 7) is 4.54. The Bertz CT molecular complexity index is 699. The molecular formula is C19H24BrClN2O3. The van der Waals surface area contributed by atoms with Crippen molar-refractivity contribution in [3.8, 4) is 5.75 Å². The lowest BCUT2D eigenvalue weighted by Crippen LogP contribution is -2.38. The van der Waals surface area contributed by atoms with Crippen molar-refractivity contribution >= 4 is 34.2 Å². The highest BCUT2D eigenvalue weighted by atomic mass is 79.9. The van der Waals surface area contributed by atoms with Crippen LogP contribution in [0.15, 0.2) is 45.3 Å². The van der Waals surface area contributed by atoms with Crippen LogP contribution in [-0.2, 0) is 4.79 Å². The minimum absolute atomic E-state index is 0. The fraction of sp³-hybridized carbons (Fsp3) is 0.421. The fourth-order valence-corrected chi connectivity index (χ4v) is 3.30. The summed E-state index contributed by atoms with van der Waals surface area (Å²) >= 11 is 3.37. The Hall–Kier alpha value is -1.50. The smallest absolute Gasteiger partial charge is 0.258 e. The van der Waals surface area contributed by atoms with Crippen LogP contribution >= 0.6 is 28.3 Å². The Morgan fingerprint density at radius 2 is 1.92 bits per heavy atom. The summed E-state index contributed by atoms with van der Waals surface area (Å²) in [6.07, 6.45) is 2.38. The average molecular weight is 444 g/mol. The number of carbonyl (C=O) groups excluding carboxylic acids is 1. The lowest BCUT2D eigenvalue weighted by molar-refractivity contribution is -0.123. The molecule has 0 radical (unpaired) electrons. The Morgan fingerprint density at radius 3 is 2.54 bits per heavy atom. The molecule has 2 aromatic rings. The van der Waals surface area contributed by atoms with Crippen LogP contribution in [0.2, 0.25) is 0 Å². The van der Waals surface area contributed by atoms with Gasteiger partial charge in [0.05, 0.1) is 6.04 Å². The number of ether oxygens (including phenoxy) is 1. The number of nitrogens with zero attached hydrogens (tertiary/aromatic N) is 1. The summed E-state index contributed by atoms with van der Waals surface area (Å²) in [7, 11) is 0. The van der Waals surface area contributed by atoms with E-state index in [0.29, 0.717) is 12.3 Å². The first-order chi connectivity index (χ1) is 12.1. The van der Waals surface area contributed by atoms with E-state index in [1.807, 2.05) is 43.3 Å². The number of hydrogen-bond acceptors (Lipinski definition) is 4. The molecule has 0 spiro atoms. The number of likely N-dealkylation sites (tertiary alicyclic amines) is 1. The largest absolute Gasteiger partial charge is 0.484 e. The number of halogens is 2. The van der Waals surface area contributed by atoms with Crippen LogP contribution in [0.1, 0.15) is 30.4 Å². The summed E-state index contributed by atoms with van der Waals surface area (Å²) in [5, 5.41) is 2.97. The molecular weight excluding hydrogens is 420 g/mol. The summed E-state index contributed by atoms with van der Waals surface area (Å²) in [4.78, 5) is 14.5. The summed E-state index contributed by atoms with van der Waals surface area (Å²) in [5.74, 6) is 2.35. The summed E-state index contributed by atoms with van der Waals surface area (Å²) in [6, 6.07) is 11.5. The molecule has 1 unspecified atom stereocenters. The van der Waals surface area contributed by atoms with Gasteiger partial charge in [-0.3, -0.25) is 9.69 Å². The predicted octanol–water partition coefficient (Wildman–Crippen LogP) is 4.10. The number of hydrogen-bond donors (Lipinski definition) is 1. The van der Waals surface area contributed by atoms with E-state index in [9.17, 15) is 4.79 Å². The molecule has 1 aliphatic rings. The molecule has 1 aliphatic heterocycles. The molecule has 1 amide bonds. The molecule has 1 fully saturated rings. The van der Waals surface area contributed by atoms with Gasteiger partial charge in [-0.05, 0) is 69.3 Å². The number of carbonyl (C=O) groups is 1. The highest BCUT2D eigenvalue weighted by Gasteiger charge is 2.26. The third-order valence-corrected chi connectivity index (χ3v) is 4.88. The van der Waals surface area contributed by atoms with Crippen molar-refractivity contribution < 1.29 is 13.9 Å². The average Bonchev–Trinajstić information content (AvgIpc) is 3.27. The molecule has 0 bridgehead atoms. The second-order valence-electron chi connectivity index (χ2n) is 6.25. The molecule has 1 N–H and O–H groups in total. The van der Waals surface area contributed by atoms with Crippen LogP contribution in [0.25, 0.3) is 0 Å². The summed E-state index contributed by atoms with van der Waals surface area (Å²) in [5.41, 5.74) is 0. The molecule has 1 aromatic carbocycles. The SMILES string of the molecule is Cc1ccc(C(CNC(=O)COc2ccc(Br)cc2)N2CCCC2)o1.Cl. The van der Waals surface area contributed by atoms with Crippen molar-refractivity contribution in [1.82, 2.24) is 10.2 Å². The van der Waals surface area contributed by atoms with Crippen molar-refractivity contribution in [3.63, 3.8) is 0 Å². The molecule has 0 aliphatic carbocycles. The van der Waals surface area contributed by atoms with Crippen molar-refractivity contribution in [2.75, 3.05) is 26.2 Å². The van der Waals surface area contributed by atoms with E-state index in [4.69, 9.17) is 9.15 Å². The van der Waals surface area contributed by atoms with Gasteiger partial charge >= 0.3 is 0 Å². The molecule has 3 rings (SSSR count). The maximum atomic E-state index is 12.1. The second kappa shape index (κ2) is 10.00. The molecule has 2 heterocycles. The lowest BCUT2D eigenvalue weighted by atomic mass is 10.2.